The van der Waals surface area contributed by atoms with E-state index in [9.17, 15) is 4.79 Å². The second kappa shape index (κ2) is 6.28. The molecule has 1 N–H and O–H groups in total. The lowest BCUT2D eigenvalue weighted by Gasteiger charge is -2.17. The van der Waals surface area contributed by atoms with Crippen molar-refractivity contribution in [3.05, 3.63) is 0 Å². The van der Waals surface area contributed by atoms with Crippen LogP contribution in [0.3, 0.4) is 0 Å². The second-order valence-corrected chi connectivity index (χ2v) is 4.47. The molecule has 3 heteroatoms. The van der Waals surface area contributed by atoms with Crippen LogP contribution in [-0.4, -0.2) is 18.3 Å². The van der Waals surface area contributed by atoms with Gasteiger partial charge in [0.25, 0.3) is 0 Å². The first-order valence-corrected chi connectivity index (χ1v) is 6.14. The van der Waals surface area contributed by atoms with Gasteiger partial charge in [-0.25, -0.2) is 0 Å². The molecule has 0 aromatic carbocycles. The van der Waals surface area contributed by atoms with Crippen LogP contribution in [-0.2, 0) is 4.79 Å². The number of alkyl halides is 1. The Bertz CT molecular complexity index is 184. The maximum atomic E-state index is 11.3. The summed E-state index contributed by atoms with van der Waals surface area (Å²) < 4.78 is 0. The van der Waals surface area contributed by atoms with Gasteiger partial charge in [-0.2, -0.15) is 0 Å². The average Bonchev–Trinajstić information content (AvgIpc) is 2.62. The van der Waals surface area contributed by atoms with Gasteiger partial charge in [0.15, 0.2) is 0 Å². The van der Waals surface area contributed by atoms with E-state index in [0.717, 1.165) is 18.8 Å². The Hall–Kier alpha value is -0.240. The topological polar surface area (TPSA) is 29.1 Å². The second-order valence-electron chi connectivity index (χ2n) is 4.16. The summed E-state index contributed by atoms with van der Waals surface area (Å²) in [5.74, 6) is 2.17. The number of rotatable bonds is 5. The molecule has 1 aliphatic rings. The van der Waals surface area contributed by atoms with E-state index < -0.39 is 0 Å². The fourth-order valence-corrected chi connectivity index (χ4v) is 2.55. The predicted molar refractivity (Wildman–Crippen MR) is 59.5 cm³/mol. The van der Waals surface area contributed by atoms with Crippen molar-refractivity contribution in [2.45, 2.75) is 39.0 Å². The summed E-state index contributed by atoms with van der Waals surface area (Å²) in [7, 11) is 0. The third-order valence-corrected chi connectivity index (χ3v) is 3.45. The van der Waals surface area contributed by atoms with Crippen LogP contribution in [0.1, 0.15) is 39.0 Å². The first kappa shape index (κ1) is 11.8. The van der Waals surface area contributed by atoms with Crippen molar-refractivity contribution < 1.29 is 4.79 Å². The Balaban J connectivity index is 2.20. The summed E-state index contributed by atoms with van der Waals surface area (Å²) >= 11 is 5.87. The number of hydrogen-bond donors (Lipinski definition) is 1. The number of carbonyl (C=O) groups excluding carboxylic acids is 1. The minimum atomic E-state index is 0.188. The largest absolute Gasteiger partial charge is 0.356 e. The smallest absolute Gasteiger partial charge is 0.219 e. The van der Waals surface area contributed by atoms with E-state index >= 15 is 0 Å². The molecule has 0 radical (unpaired) electrons. The van der Waals surface area contributed by atoms with Gasteiger partial charge < -0.3 is 5.32 Å². The third-order valence-electron chi connectivity index (χ3n) is 3.05. The van der Waals surface area contributed by atoms with Gasteiger partial charge in [-0.3, -0.25) is 4.79 Å². The van der Waals surface area contributed by atoms with Crippen molar-refractivity contribution in [2.75, 3.05) is 12.4 Å². The molecule has 1 rings (SSSR count). The molecule has 0 aromatic heterocycles. The van der Waals surface area contributed by atoms with Crippen LogP contribution in [0.2, 0.25) is 0 Å². The summed E-state index contributed by atoms with van der Waals surface area (Å²) in [6, 6.07) is 0. The van der Waals surface area contributed by atoms with Gasteiger partial charge in [-0.15, -0.1) is 11.6 Å². The van der Waals surface area contributed by atoms with Crippen LogP contribution >= 0.6 is 11.6 Å². The predicted octanol–water partition coefficient (Wildman–Crippen LogP) is 2.56. The quantitative estimate of drug-likeness (QED) is 0.705. The summed E-state index contributed by atoms with van der Waals surface area (Å²) in [6.45, 7) is 2.85. The molecule has 2 nitrogen and oxygen atoms in total. The van der Waals surface area contributed by atoms with Crippen LogP contribution in [0.15, 0.2) is 0 Å². The van der Waals surface area contributed by atoms with Crippen LogP contribution in [0.4, 0.5) is 0 Å². The molecular formula is C11H20ClNO. The Labute approximate surface area is 91.4 Å². The standard InChI is InChI=1S/C11H20ClNO/c1-2-4-11(14)13-8-10-6-3-5-9(10)7-12/h9-10H,2-8H2,1H3,(H,13,14). The lowest BCUT2D eigenvalue weighted by Crippen LogP contribution is -2.30. The summed E-state index contributed by atoms with van der Waals surface area (Å²) in [5.41, 5.74) is 0. The van der Waals surface area contributed by atoms with E-state index in [1.54, 1.807) is 0 Å². The number of amides is 1. The highest BCUT2D eigenvalue weighted by atomic mass is 35.5. The van der Waals surface area contributed by atoms with Gasteiger partial charge in [-0.05, 0) is 31.1 Å². The lowest BCUT2D eigenvalue weighted by atomic mass is 9.98. The van der Waals surface area contributed by atoms with Crippen LogP contribution in [0.25, 0.3) is 0 Å². The monoisotopic (exact) mass is 217 g/mol. The number of carbonyl (C=O) groups is 1. The van der Waals surface area contributed by atoms with Gasteiger partial charge >= 0.3 is 0 Å². The first-order valence-electron chi connectivity index (χ1n) is 5.60. The molecule has 0 spiro atoms. The summed E-state index contributed by atoms with van der Waals surface area (Å²) in [6.07, 6.45) is 5.31. The molecule has 0 saturated heterocycles. The molecular weight excluding hydrogens is 198 g/mol. The van der Waals surface area contributed by atoms with Crippen molar-refractivity contribution in [3.8, 4) is 0 Å². The van der Waals surface area contributed by atoms with Crippen molar-refractivity contribution in [3.63, 3.8) is 0 Å². The van der Waals surface area contributed by atoms with Crippen LogP contribution < -0.4 is 5.32 Å². The zero-order valence-electron chi connectivity index (χ0n) is 8.89. The number of hydrogen-bond acceptors (Lipinski definition) is 1. The average molecular weight is 218 g/mol. The third kappa shape index (κ3) is 3.49. The van der Waals surface area contributed by atoms with E-state index in [1.165, 1.54) is 19.3 Å². The van der Waals surface area contributed by atoms with Gasteiger partial charge in [0.2, 0.25) is 5.91 Å². The SMILES string of the molecule is CCCC(=O)NCC1CCCC1CCl. The molecule has 0 heterocycles. The molecule has 0 aliphatic heterocycles. The van der Waals surface area contributed by atoms with Gasteiger partial charge in [-0.1, -0.05) is 13.3 Å². The van der Waals surface area contributed by atoms with Gasteiger partial charge in [0.1, 0.15) is 0 Å². The molecule has 1 fully saturated rings. The Morgan fingerprint density at radius 3 is 2.79 bits per heavy atom. The minimum absolute atomic E-state index is 0.188. The molecule has 0 bridgehead atoms. The molecule has 2 atom stereocenters. The van der Waals surface area contributed by atoms with Crippen molar-refractivity contribution in [1.29, 1.82) is 0 Å². The minimum Gasteiger partial charge on any atom is -0.356 e. The van der Waals surface area contributed by atoms with Gasteiger partial charge in [0.05, 0.1) is 0 Å². The highest BCUT2D eigenvalue weighted by Crippen LogP contribution is 2.31. The van der Waals surface area contributed by atoms with Crippen LogP contribution in [0, 0.1) is 11.8 Å². The Morgan fingerprint density at radius 1 is 1.43 bits per heavy atom. The molecule has 1 aliphatic carbocycles. The number of nitrogens with one attached hydrogen (secondary N) is 1. The van der Waals surface area contributed by atoms with E-state index in [-0.39, 0.29) is 5.91 Å². The molecule has 0 aromatic rings. The molecule has 82 valence electrons. The maximum absolute atomic E-state index is 11.3. The first-order chi connectivity index (χ1) is 6.77. The molecule has 1 saturated carbocycles. The Kier molecular flexibility index (Phi) is 5.31. The van der Waals surface area contributed by atoms with E-state index in [4.69, 9.17) is 11.6 Å². The van der Waals surface area contributed by atoms with E-state index in [1.807, 2.05) is 6.92 Å². The highest BCUT2D eigenvalue weighted by Gasteiger charge is 2.26. The normalized spacial score (nSPS) is 26.4. The lowest BCUT2D eigenvalue weighted by molar-refractivity contribution is -0.121. The van der Waals surface area contributed by atoms with Gasteiger partial charge in [0, 0.05) is 18.8 Å². The van der Waals surface area contributed by atoms with Crippen molar-refractivity contribution >= 4 is 17.5 Å². The van der Waals surface area contributed by atoms with Crippen molar-refractivity contribution in [2.24, 2.45) is 11.8 Å². The summed E-state index contributed by atoms with van der Waals surface area (Å²) in [4.78, 5) is 11.3. The summed E-state index contributed by atoms with van der Waals surface area (Å²) in [5, 5.41) is 2.99. The van der Waals surface area contributed by atoms with E-state index in [2.05, 4.69) is 5.32 Å². The zero-order chi connectivity index (χ0) is 10.4. The van der Waals surface area contributed by atoms with Crippen molar-refractivity contribution in [1.82, 2.24) is 5.32 Å². The number of halogens is 1. The Morgan fingerprint density at radius 2 is 2.14 bits per heavy atom. The fourth-order valence-electron chi connectivity index (χ4n) is 2.15. The highest BCUT2D eigenvalue weighted by molar-refractivity contribution is 6.18. The van der Waals surface area contributed by atoms with Crippen LogP contribution in [0.5, 0.6) is 0 Å². The molecule has 1 amide bonds. The zero-order valence-corrected chi connectivity index (χ0v) is 9.65. The molecule has 14 heavy (non-hydrogen) atoms. The maximum Gasteiger partial charge on any atom is 0.219 e. The molecule has 2 unspecified atom stereocenters. The fraction of sp³-hybridized carbons (Fsp3) is 0.909. The van der Waals surface area contributed by atoms with E-state index in [0.29, 0.717) is 18.3 Å².